The fourth-order valence-corrected chi connectivity index (χ4v) is 3.71. The third kappa shape index (κ3) is 3.14. The van der Waals surface area contributed by atoms with Crippen molar-refractivity contribution in [2.45, 2.75) is 26.2 Å². The van der Waals surface area contributed by atoms with Crippen molar-refractivity contribution in [1.82, 2.24) is 19.5 Å². The van der Waals surface area contributed by atoms with Crippen molar-refractivity contribution in [3.63, 3.8) is 0 Å². The van der Waals surface area contributed by atoms with Crippen molar-refractivity contribution < 1.29 is 4.79 Å². The lowest BCUT2D eigenvalue weighted by Crippen LogP contribution is -2.39. The van der Waals surface area contributed by atoms with Crippen molar-refractivity contribution in [1.29, 1.82) is 0 Å². The number of piperidine rings is 1. The maximum absolute atomic E-state index is 12.9. The molecule has 6 nitrogen and oxygen atoms in total. The quantitative estimate of drug-likeness (QED) is 0.789. The predicted molar refractivity (Wildman–Crippen MR) is 99.3 cm³/mol. The van der Waals surface area contributed by atoms with E-state index in [-0.39, 0.29) is 11.5 Å². The van der Waals surface area contributed by atoms with Crippen molar-refractivity contribution in [2.75, 3.05) is 13.1 Å². The minimum absolute atomic E-state index is 0.0561. The number of nitrogens with zero attached hydrogens (tertiary/aromatic N) is 3. The summed E-state index contributed by atoms with van der Waals surface area (Å²) in [5.41, 5.74) is 2.64. The first kappa shape index (κ1) is 16.6. The van der Waals surface area contributed by atoms with Crippen LogP contribution in [0, 0.1) is 12.8 Å². The molecule has 0 saturated carbocycles. The molecule has 134 valence electrons. The van der Waals surface area contributed by atoms with E-state index in [1.165, 1.54) is 16.1 Å². The van der Waals surface area contributed by atoms with E-state index >= 15 is 0 Å². The topological polar surface area (TPSA) is 70.5 Å². The van der Waals surface area contributed by atoms with E-state index in [2.05, 4.69) is 34.3 Å². The normalized spacial score (nSPS) is 15.5. The van der Waals surface area contributed by atoms with Gasteiger partial charge in [0.05, 0.1) is 0 Å². The molecule has 1 aliphatic heterocycles. The van der Waals surface area contributed by atoms with E-state index in [1.54, 1.807) is 13.1 Å². The number of fused-ring (bicyclic) bond motifs is 1. The summed E-state index contributed by atoms with van der Waals surface area (Å²) >= 11 is 0. The predicted octanol–water partition coefficient (Wildman–Crippen LogP) is 2.43. The molecular weight excluding hydrogens is 328 g/mol. The van der Waals surface area contributed by atoms with Gasteiger partial charge in [-0.2, -0.15) is 0 Å². The van der Waals surface area contributed by atoms with Gasteiger partial charge in [-0.3, -0.25) is 14.7 Å². The summed E-state index contributed by atoms with van der Waals surface area (Å²) in [4.78, 5) is 31.1. The average molecular weight is 350 g/mol. The number of carbonyl (C=O) groups excluding carboxylic acids is 1. The van der Waals surface area contributed by atoms with Gasteiger partial charge in [0, 0.05) is 31.0 Å². The van der Waals surface area contributed by atoms with Crippen LogP contribution in [-0.2, 0) is 6.42 Å². The molecule has 1 amide bonds. The van der Waals surface area contributed by atoms with Crippen LogP contribution in [-0.4, -0.2) is 38.5 Å². The lowest BCUT2D eigenvalue weighted by atomic mass is 9.90. The Balaban J connectivity index is 1.46. The Hall–Kier alpha value is -2.89. The largest absolute Gasteiger partial charge is 0.338 e. The zero-order valence-electron chi connectivity index (χ0n) is 14.8. The Bertz CT molecular complexity index is 982. The zero-order chi connectivity index (χ0) is 18.1. The van der Waals surface area contributed by atoms with Crippen LogP contribution in [0.5, 0.6) is 0 Å². The summed E-state index contributed by atoms with van der Waals surface area (Å²) in [6.07, 6.45) is 4.64. The Kier molecular flexibility index (Phi) is 4.32. The van der Waals surface area contributed by atoms with Gasteiger partial charge >= 0.3 is 0 Å². The second-order valence-electron chi connectivity index (χ2n) is 7.01. The van der Waals surface area contributed by atoms with Crippen LogP contribution in [0.4, 0.5) is 0 Å². The Labute approximate surface area is 151 Å². The van der Waals surface area contributed by atoms with E-state index in [0.717, 1.165) is 32.4 Å². The van der Waals surface area contributed by atoms with Gasteiger partial charge in [-0.15, -0.1) is 0 Å². The maximum atomic E-state index is 12.9. The summed E-state index contributed by atoms with van der Waals surface area (Å²) in [5.74, 6) is 0.548. The Morgan fingerprint density at radius 1 is 1.23 bits per heavy atom. The standard InChI is InChI=1S/C20H22N4O2/c1-14-11-18(25)24-19(22-14)17(13-21-24)20(26)23-9-7-16(8-10-23)12-15-5-3-2-4-6-15/h2-6,11,13,16,21H,7-10,12H2,1H3. The number of amides is 1. The lowest BCUT2D eigenvalue weighted by Gasteiger charge is -2.32. The van der Waals surface area contributed by atoms with E-state index in [0.29, 0.717) is 22.8 Å². The molecule has 4 rings (SSSR count). The number of likely N-dealkylation sites (tertiary alicyclic amines) is 1. The molecule has 1 aliphatic rings. The van der Waals surface area contributed by atoms with Gasteiger partial charge in [0.1, 0.15) is 5.56 Å². The molecule has 6 heteroatoms. The van der Waals surface area contributed by atoms with Crippen LogP contribution in [0.1, 0.15) is 34.5 Å². The fourth-order valence-electron chi connectivity index (χ4n) is 3.71. The van der Waals surface area contributed by atoms with Gasteiger partial charge in [0.2, 0.25) is 0 Å². The highest BCUT2D eigenvalue weighted by Gasteiger charge is 2.26. The molecule has 3 aromatic rings. The van der Waals surface area contributed by atoms with Crippen molar-refractivity contribution in [2.24, 2.45) is 5.92 Å². The van der Waals surface area contributed by atoms with Gasteiger partial charge in [-0.05, 0) is 37.7 Å². The van der Waals surface area contributed by atoms with Crippen LogP contribution in [0.25, 0.3) is 5.65 Å². The highest BCUT2D eigenvalue weighted by atomic mass is 16.2. The van der Waals surface area contributed by atoms with Crippen molar-refractivity contribution >= 4 is 11.6 Å². The molecule has 0 aliphatic carbocycles. The van der Waals surface area contributed by atoms with Crippen LogP contribution in [0.2, 0.25) is 0 Å². The summed E-state index contributed by atoms with van der Waals surface area (Å²) in [6, 6.07) is 12.0. The molecule has 1 fully saturated rings. The fraction of sp³-hybridized carbons (Fsp3) is 0.350. The summed E-state index contributed by atoms with van der Waals surface area (Å²) in [5, 5.41) is 2.84. The van der Waals surface area contributed by atoms with E-state index < -0.39 is 0 Å². The molecule has 0 radical (unpaired) electrons. The zero-order valence-corrected chi connectivity index (χ0v) is 14.8. The number of nitrogens with one attached hydrogen (secondary N) is 1. The van der Waals surface area contributed by atoms with E-state index in [4.69, 9.17) is 0 Å². The van der Waals surface area contributed by atoms with Gasteiger partial charge in [-0.25, -0.2) is 9.50 Å². The lowest BCUT2D eigenvalue weighted by molar-refractivity contribution is 0.0692. The smallest absolute Gasteiger partial charge is 0.272 e. The Morgan fingerprint density at radius 2 is 1.96 bits per heavy atom. The summed E-state index contributed by atoms with van der Waals surface area (Å²) < 4.78 is 1.32. The molecule has 3 heterocycles. The number of aromatic amines is 1. The number of hydrogen-bond donors (Lipinski definition) is 1. The SMILES string of the molecule is Cc1cc(=O)n2[nH]cc(C(=O)N3CCC(Cc4ccccc4)CC3)c2n1. The molecular formula is C20H22N4O2. The van der Waals surface area contributed by atoms with E-state index in [9.17, 15) is 9.59 Å². The third-order valence-corrected chi connectivity index (χ3v) is 5.13. The first-order valence-corrected chi connectivity index (χ1v) is 9.03. The van der Waals surface area contributed by atoms with E-state index in [1.807, 2.05) is 11.0 Å². The number of aromatic nitrogens is 3. The van der Waals surface area contributed by atoms with Crippen LogP contribution in [0.15, 0.2) is 47.4 Å². The molecule has 1 aromatic carbocycles. The van der Waals surface area contributed by atoms with Gasteiger partial charge in [0.25, 0.3) is 11.5 Å². The molecule has 1 saturated heterocycles. The molecule has 0 unspecified atom stereocenters. The second-order valence-corrected chi connectivity index (χ2v) is 7.01. The van der Waals surface area contributed by atoms with Crippen LogP contribution in [0.3, 0.4) is 0 Å². The molecule has 1 N–H and O–H groups in total. The molecule has 2 aromatic heterocycles. The molecule has 0 bridgehead atoms. The summed E-state index contributed by atoms with van der Waals surface area (Å²) in [7, 11) is 0. The number of carbonyl (C=O) groups is 1. The minimum Gasteiger partial charge on any atom is -0.338 e. The second kappa shape index (κ2) is 6.78. The number of aryl methyl sites for hydroxylation is 1. The number of hydrogen-bond acceptors (Lipinski definition) is 3. The van der Waals surface area contributed by atoms with Crippen molar-refractivity contribution in [3.8, 4) is 0 Å². The van der Waals surface area contributed by atoms with Gasteiger partial charge in [0.15, 0.2) is 5.65 Å². The highest BCUT2D eigenvalue weighted by Crippen LogP contribution is 2.23. The van der Waals surface area contributed by atoms with Crippen LogP contribution < -0.4 is 5.56 Å². The Morgan fingerprint density at radius 3 is 2.69 bits per heavy atom. The van der Waals surface area contributed by atoms with Gasteiger partial charge < -0.3 is 4.90 Å². The highest BCUT2D eigenvalue weighted by molar-refractivity contribution is 5.99. The van der Waals surface area contributed by atoms with Crippen LogP contribution >= 0.6 is 0 Å². The molecule has 0 atom stereocenters. The number of benzene rings is 1. The number of H-pyrrole nitrogens is 1. The first-order chi connectivity index (χ1) is 12.6. The average Bonchev–Trinajstić information content (AvgIpc) is 3.07. The minimum atomic E-state index is -0.201. The van der Waals surface area contributed by atoms with Crippen molar-refractivity contribution in [3.05, 3.63) is 69.8 Å². The third-order valence-electron chi connectivity index (χ3n) is 5.13. The molecule has 0 spiro atoms. The monoisotopic (exact) mass is 350 g/mol. The van der Waals surface area contributed by atoms with Gasteiger partial charge in [-0.1, -0.05) is 30.3 Å². The molecule has 26 heavy (non-hydrogen) atoms. The first-order valence-electron chi connectivity index (χ1n) is 9.03. The number of rotatable bonds is 3. The summed E-state index contributed by atoms with van der Waals surface area (Å²) in [6.45, 7) is 3.24. The maximum Gasteiger partial charge on any atom is 0.272 e.